The van der Waals surface area contributed by atoms with E-state index in [9.17, 15) is 13.2 Å². The Morgan fingerprint density at radius 2 is 1.91 bits per heavy atom. The fraction of sp³-hybridized carbons (Fsp3) is 0.400. The number of hydrogen-bond donors (Lipinski definition) is 2. The lowest BCUT2D eigenvalue weighted by Crippen LogP contribution is -2.24. The van der Waals surface area contributed by atoms with E-state index in [1.165, 1.54) is 0 Å². The van der Waals surface area contributed by atoms with Crippen molar-refractivity contribution in [2.75, 3.05) is 5.32 Å². The predicted molar refractivity (Wildman–Crippen MR) is 108 cm³/mol. The first kappa shape index (κ1) is 20.3. The molecule has 4 aromatic heterocycles. The van der Waals surface area contributed by atoms with Gasteiger partial charge in [-0.2, -0.15) is 23.3 Å². The number of aromatic amines is 1. The fourth-order valence-corrected chi connectivity index (χ4v) is 3.89. The van der Waals surface area contributed by atoms with Crippen molar-refractivity contribution < 1.29 is 17.7 Å². The number of fused-ring (bicyclic) bond motifs is 1. The van der Waals surface area contributed by atoms with E-state index in [1.807, 2.05) is 0 Å². The molecule has 12 heteroatoms. The zero-order valence-electron chi connectivity index (χ0n) is 17.1. The summed E-state index contributed by atoms with van der Waals surface area (Å²) in [6.45, 7) is 1.65. The average Bonchev–Trinajstić information content (AvgIpc) is 3.39. The molecule has 1 fully saturated rings. The highest BCUT2D eigenvalue weighted by Gasteiger charge is 2.36. The normalized spacial score (nSPS) is 15.4. The average molecular weight is 444 g/mol. The molecule has 0 aromatic carbocycles. The molecule has 32 heavy (non-hydrogen) atoms. The molecule has 5 rings (SSSR count). The Morgan fingerprint density at radius 3 is 2.62 bits per heavy atom. The van der Waals surface area contributed by atoms with E-state index in [1.54, 1.807) is 19.1 Å². The minimum absolute atomic E-state index is 0.116. The Balaban J connectivity index is 1.56. The molecule has 0 radical (unpaired) electrons. The number of rotatable bonds is 4. The summed E-state index contributed by atoms with van der Waals surface area (Å²) in [5.74, 6) is 0.804. The van der Waals surface area contributed by atoms with Gasteiger partial charge in [0.2, 0.25) is 17.7 Å². The molecule has 0 atom stereocenters. The van der Waals surface area contributed by atoms with Crippen LogP contribution in [0.15, 0.2) is 22.9 Å². The second-order valence-corrected chi connectivity index (χ2v) is 7.74. The van der Waals surface area contributed by atoms with Crippen molar-refractivity contribution in [3.63, 3.8) is 0 Å². The van der Waals surface area contributed by atoms with Crippen molar-refractivity contribution in [2.45, 2.75) is 51.2 Å². The smallest absolute Gasteiger partial charge is 0.351 e. The molecule has 0 aliphatic heterocycles. The summed E-state index contributed by atoms with van der Waals surface area (Å²) in [4.78, 5) is 16.6. The Kier molecular flexibility index (Phi) is 4.98. The number of nitrogens with zero attached hydrogens (tertiary/aromatic N) is 6. The number of anilines is 1. The van der Waals surface area contributed by atoms with E-state index in [0.717, 1.165) is 38.3 Å². The maximum Gasteiger partial charge on any atom is 0.420 e. The molecule has 1 saturated carbocycles. The van der Waals surface area contributed by atoms with Gasteiger partial charge in [-0.25, -0.2) is 15.0 Å². The van der Waals surface area contributed by atoms with Crippen LogP contribution in [0.3, 0.4) is 0 Å². The van der Waals surface area contributed by atoms with Crippen molar-refractivity contribution >= 4 is 17.0 Å². The molecule has 0 amide bonds. The highest BCUT2D eigenvalue weighted by molar-refractivity contribution is 5.91. The number of halogens is 3. The van der Waals surface area contributed by atoms with Crippen LogP contribution in [-0.2, 0) is 6.18 Å². The highest BCUT2D eigenvalue weighted by atomic mass is 19.4. The van der Waals surface area contributed by atoms with Gasteiger partial charge in [-0.3, -0.25) is 5.10 Å². The predicted octanol–water partition coefficient (Wildman–Crippen LogP) is 4.54. The molecular weight excluding hydrogens is 425 g/mol. The monoisotopic (exact) mass is 444 g/mol. The minimum atomic E-state index is -4.63. The van der Waals surface area contributed by atoms with E-state index >= 15 is 0 Å². The lowest BCUT2D eigenvalue weighted by molar-refractivity contribution is -0.137. The molecule has 1 aliphatic carbocycles. The zero-order valence-corrected chi connectivity index (χ0v) is 17.1. The van der Waals surface area contributed by atoms with Gasteiger partial charge in [-0.15, -0.1) is 0 Å². The van der Waals surface area contributed by atoms with Crippen LogP contribution in [0.5, 0.6) is 0 Å². The molecule has 1 aliphatic rings. The van der Waals surface area contributed by atoms with Crippen molar-refractivity contribution in [2.24, 2.45) is 0 Å². The van der Waals surface area contributed by atoms with Gasteiger partial charge in [0.15, 0.2) is 5.65 Å². The third-order valence-electron chi connectivity index (χ3n) is 5.44. The van der Waals surface area contributed by atoms with E-state index in [-0.39, 0.29) is 34.8 Å². The summed E-state index contributed by atoms with van der Waals surface area (Å²) >= 11 is 0. The third-order valence-corrected chi connectivity index (χ3v) is 5.44. The molecule has 4 aromatic rings. The van der Waals surface area contributed by atoms with Gasteiger partial charge in [0.1, 0.15) is 17.0 Å². The molecule has 166 valence electrons. The van der Waals surface area contributed by atoms with Crippen LogP contribution in [0.1, 0.15) is 43.6 Å². The SMILES string of the molecule is Cc1nc(-c2ccc3c(-c4nc(NC5CCCCC5)ncc4C(F)(F)F)[nH]nc3n2)no1. The molecule has 9 nitrogen and oxygen atoms in total. The standard InChI is InChI=1S/C20H19F3N8O/c1-10-25-18(31-32-10)14-8-7-12-15(29-30-17(12)27-14)16-13(20(21,22)23)9-24-19(28-16)26-11-5-3-2-4-6-11/h7-9,11H,2-6H2,1H3,(H,24,26,28)(H,27,29,30). The van der Waals surface area contributed by atoms with Crippen LogP contribution >= 0.6 is 0 Å². The number of nitrogens with one attached hydrogen (secondary N) is 2. The van der Waals surface area contributed by atoms with Crippen LogP contribution < -0.4 is 5.32 Å². The third kappa shape index (κ3) is 3.87. The van der Waals surface area contributed by atoms with Crippen LogP contribution in [0.2, 0.25) is 0 Å². The summed E-state index contributed by atoms with van der Waals surface area (Å²) in [5.41, 5.74) is -0.502. The molecule has 0 bridgehead atoms. The largest absolute Gasteiger partial charge is 0.420 e. The van der Waals surface area contributed by atoms with Crippen molar-refractivity contribution in [1.29, 1.82) is 0 Å². The van der Waals surface area contributed by atoms with Gasteiger partial charge in [-0.1, -0.05) is 24.4 Å². The Bertz CT molecular complexity index is 1260. The number of pyridine rings is 1. The van der Waals surface area contributed by atoms with Gasteiger partial charge in [0, 0.05) is 24.5 Å². The maximum atomic E-state index is 13.7. The van der Waals surface area contributed by atoms with Crippen LogP contribution in [0.4, 0.5) is 19.1 Å². The number of H-pyrrole nitrogens is 1. The lowest BCUT2D eigenvalue weighted by atomic mass is 9.96. The van der Waals surface area contributed by atoms with Gasteiger partial charge < -0.3 is 9.84 Å². The molecule has 4 heterocycles. The lowest BCUT2D eigenvalue weighted by Gasteiger charge is -2.23. The molecule has 0 spiro atoms. The van der Waals surface area contributed by atoms with E-state index < -0.39 is 11.7 Å². The number of aromatic nitrogens is 7. The van der Waals surface area contributed by atoms with E-state index in [4.69, 9.17) is 4.52 Å². The van der Waals surface area contributed by atoms with Gasteiger partial charge >= 0.3 is 6.18 Å². The fourth-order valence-electron chi connectivity index (χ4n) is 3.89. The summed E-state index contributed by atoms with van der Waals surface area (Å²) in [6, 6.07) is 3.36. The Labute approximate surface area is 179 Å². The summed E-state index contributed by atoms with van der Waals surface area (Å²) in [5, 5.41) is 14.1. The number of alkyl halides is 3. The van der Waals surface area contributed by atoms with Crippen LogP contribution in [0, 0.1) is 6.92 Å². The zero-order chi connectivity index (χ0) is 22.3. The number of hydrogen-bond acceptors (Lipinski definition) is 8. The second-order valence-electron chi connectivity index (χ2n) is 7.74. The summed E-state index contributed by atoms with van der Waals surface area (Å²) < 4.78 is 46.2. The minimum Gasteiger partial charge on any atom is -0.351 e. The highest BCUT2D eigenvalue weighted by Crippen LogP contribution is 2.38. The first-order valence-corrected chi connectivity index (χ1v) is 10.3. The topological polar surface area (TPSA) is 118 Å². The second kappa shape index (κ2) is 7.84. The van der Waals surface area contributed by atoms with Gasteiger partial charge in [0.05, 0.1) is 5.69 Å². The van der Waals surface area contributed by atoms with Crippen LogP contribution in [0.25, 0.3) is 33.9 Å². The first-order chi connectivity index (χ1) is 15.4. The number of aryl methyl sites for hydroxylation is 1. The Hall–Kier alpha value is -3.57. The van der Waals surface area contributed by atoms with Crippen molar-refractivity contribution in [3.05, 3.63) is 29.8 Å². The van der Waals surface area contributed by atoms with Crippen molar-refractivity contribution in [1.82, 2.24) is 35.3 Å². The van der Waals surface area contributed by atoms with E-state index in [2.05, 4.69) is 40.6 Å². The summed E-state index contributed by atoms with van der Waals surface area (Å²) in [7, 11) is 0. The van der Waals surface area contributed by atoms with Gasteiger partial charge in [-0.05, 0) is 25.0 Å². The molecule has 2 N–H and O–H groups in total. The van der Waals surface area contributed by atoms with E-state index in [0.29, 0.717) is 17.0 Å². The summed E-state index contributed by atoms with van der Waals surface area (Å²) in [6.07, 6.45) is 1.37. The molecule has 0 saturated heterocycles. The van der Waals surface area contributed by atoms with Gasteiger partial charge in [0.25, 0.3) is 0 Å². The quantitative estimate of drug-likeness (QED) is 0.471. The van der Waals surface area contributed by atoms with Crippen LogP contribution in [-0.4, -0.2) is 41.3 Å². The first-order valence-electron chi connectivity index (χ1n) is 10.3. The van der Waals surface area contributed by atoms with Crippen molar-refractivity contribution in [3.8, 4) is 22.9 Å². The molecule has 0 unspecified atom stereocenters. The Morgan fingerprint density at radius 1 is 1.09 bits per heavy atom. The molecular formula is C20H19F3N8O. The maximum absolute atomic E-state index is 13.7.